The standard InChI is InChI=1S/C17H21BrN4O/c1-21-10-9-20-17(21)15-12-19-8-11-22(15)16(23)7-4-13-2-5-14(18)6-3-13/h2-3,5-6,9-10,15,19H,4,7-8,11-12H2,1H3. The first-order valence-corrected chi connectivity index (χ1v) is 8.66. The van der Waals surface area contributed by atoms with E-state index in [-0.39, 0.29) is 11.9 Å². The number of carbonyl (C=O) groups excluding carboxylic acids is 1. The highest BCUT2D eigenvalue weighted by atomic mass is 79.9. The number of amides is 1. The van der Waals surface area contributed by atoms with Crippen LogP contribution in [0.15, 0.2) is 41.1 Å². The summed E-state index contributed by atoms with van der Waals surface area (Å²) in [6.45, 7) is 2.33. The molecule has 1 amide bonds. The van der Waals surface area contributed by atoms with Gasteiger partial charge in [-0.1, -0.05) is 28.1 Å². The van der Waals surface area contributed by atoms with Crippen LogP contribution >= 0.6 is 15.9 Å². The molecule has 23 heavy (non-hydrogen) atoms. The molecule has 2 aromatic rings. The lowest BCUT2D eigenvalue weighted by Crippen LogP contribution is -2.49. The van der Waals surface area contributed by atoms with Gasteiger partial charge in [-0.25, -0.2) is 4.98 Å². The van der Waals surface area contributed by atoms with E-state index in [0.717, 1.165) is 36.4 Å². The minimum absolute atomic E-state index is 0.0150. The Kier molecular flexibility index (Phi) is 5.13. The maximum Gasteiger partial charge on any atom is 0.223 e. The lowest BCUT2D eigenvalue weighted by Gasteiger charge is -2.35. The summed E-state index contributed by atoms with van der Waals surface area (Å²) in [5, 5.41) is 3.36. The molecule has 1 aromatic heterocycles. The normalized spacial score (nSPS) is 18.2. The predicted molar refractivity (Wildman–Crippen MR) is 93.0 cm³/mol. The fourth-order valence-electron chi connectivity index (χ4n) is 2.98. The topological polar surface area (TPSA) is 50.2 Å². The number of aryl methyl sites for hydroxylation is 2. The van der Waals surface area contributed by atoms with E-state index < -0.39 is 0 Å². The first kappa shape index (κ1) is 16.2. The quantitative estimate of drug-likeness (QED) is 0.890. The Hall–Kier alpha value is -1.66. The fourth-order valence-corrected chi connectivity index (χ4v) is 3.24. The minimum Gasteiger partial charge on any atom is -0.336 e. The third kappa shape index (κ3) is 3.82. The SMILES string of the molecule is Cn1ccnc1C1CNCCN1C(=O)CCc1ccc(Br)cc1. The van der Waals surface area contributed by atoms with Crippen LogP contribution in [-0.4, -0.2) is 40.0 Å². The third-order valence-electron chi connectivity index (χ3n) is 4.26. The van der Waals surface area contributed by atoms with E-state index in [1.165, 1.54) is 5.56 Å². The zero-order chi connectivity index (χ0) is 16.2. The summed E-state index contributed by atoms with van der Waals surface area (Å²) in [5.74, 6) is 1.14. The molecule has 1 N–H and O–H groups in total. The molecule has 0 radical (unpaired) electrons. The van der Waals surface area contributed by atoms with Crippen LogP contribution in [0.1, 0.15) is 23.9 Å². The van der Waals surface area contributed by atoms with E-state index in [0.29, 0.717) is 6.42 Å². The number of carbonyl (C=O) groups is 1. The number of piperazine rings is 1. The van der Waals surface area contributed by atoms with Crippen molar-refractivity contribution in [2.45, 2.75) is 18.9 Å². The van der Waals surface area contributed by atoms with Gasteiger partial charge in [0.05, 0.1) is 0 Å². The Morgan fingerprint density at radius 2 is 2.17 bits per heavy atom. The summed E-state index contributed by atoms with van der Waals surface area (Å²) in [5.41, 5.74) is 1.19. The van der Waals surface area contributed by atoms with Gasteiger partial charge in [0.25, 0.3) is 0 Å². The molecule has 1 aliphatic heterocycles. The number of nitrogens with one attached hydrogen (secondary N) is 1. The van der Waals surface area contributed by atoms with Crippen molar-refractivity contribution in [3.63, 3.8) is 0 Å². The van der Waals surface area contributed by atoms with Crippen molar-refractivity contribution in [1.82, 2.24) is 19.8 Å². The van der Waals surface area contributed by atoms with Gasteiger partial charge in [-0.2, -0.15) is 0 Å². The molecule has 1 aromatic carbocycles. The molecule has 1 unspecified atom stereocenters. The van der Waals surface area contributed by atoms with Gasteiger partial charge in [-0.15, -0.1) is 0 Å². The van der Waals surface area contributed by atoms with Crippen molar-refractivity contribution in [3.05, 3.63) is 52.5 Å². The first-order valence-electron chi connectivity index (χ1n) is 7.87. The van der Waals surface area contributed by atoms with Crippen LogP contribution in [0.2, 0.25) is 0 Å². The number of rotatable bonds is 4. The average Bonchev–Trinajstić information content (AvgIpc) is 3.00. The number of halogens is 1. The van der Waals surface area contributed by atoms with Gasteiger partial charge in [0, 0.05) is 50.0 Å². The average molecular weight is 377 g/mol. The maximum absolute atomic E-state index is 12.7. The Balaban J connectivity index is 1.66. The van der Waals surface area contributed by atoms with Crippen LogP contribution in [0.25, 0.3) is 0 Å². The lowest BCUT2D eigenvalue weighted by atomic mass is 10.1. The molecule has 2 heterocycles. The maximum atomic E-state index is 12.7. The Morgan fingerprint density at radius 3 is 2.87 bits per heavy atom. The van der Waals surface area contributed by atoms with E-state index in [2.05, 4.69) is 38.4 Å². The molecular formula is C17H21BrN4O. The van der Waals surface area contributed by atoms with Crippen LogP contribution in [0.5, 0.6) is 0 Å². The molecule has 1 fully saturated rings. The van der Waals surface area contributed by atoms with Crippen LogP contribution in [0.3, 0.4) is 0 Å². The molecule has 0 aliphatic carbocycles. The van der Waals surface area contributed by atoms with Crippen LogP contribution in [0, 0.1) is 0 Å². The van der Waals surface area contributed by atoms with E-state index in [1.54, 1.807) is 6.20 Å². The predicted octanol–water partition coefficient (Wildman–Crippen LogP) is 2.29. The van der Waals surface area contributed by atoms with Crippen molar-refractivity contribution in [1.29, 1.82) is 0 Å². The zero-order valence-electron chi connectivity index (χ0n) is 13.2. The summed E-state index contributed by atoms with van der Waals surface area (Å²) < 4.78 is 3.05. The largest absolute Gasteiger partial charge is 0.336 e. The smallest absolute Gasteiger partial charge is 0.223 e. The molecule has 1 atom stereocenters. The summed E-state index contributed by atoms with van der Waals surface area (Å²) in [6, 6.07) is 8.17. The summed E-state index contributed by atoms with van der Waals surface area (Å²) in [7, 11) is 1.97. The van der Waals surface area contributed by atoms with Gasteiger partial charge in [-0.05, 0) is 24.1 Å². The van der Waals surface area contributed by atoms with Gasteiger partial charge in [0.15, 0.2) is 0 Å². The number of aromatic nitrogens is 2. The lowest BCUT2D eigenvalue weighted by molar-refractivity contribution is -0.134. The number of nitrogens with zero attached hydrogens (tertiary/aromatic N) is 3. The number of hydrogen-bond acceptors (Lipinski definition) is 3. The van der Waals surface area contributed by atoms with Gasteiger partial charge in [-0.3, -0.25) is 4.79 Å². The first-order chi connectivity index (χ1) is 11.1. The second-order valence-electron chi connectivity index (χ2n) is 5.83. The van der Waals surface area contributed by atoms with E-state index in [1.807, 2.05) is 34.8 Å². The highest BCUT2D eigenvalue weighted by Gasteiger charge is 2.29. The van der Waals surface area contributed by atoms with Gasteiger partial charge in [0.1, 0.15) is 11.9 Å². The molecule has 0 spiro atoms. The molecular weight excluding hydrogens is 356 g/mol. The highest BCUT2D eigenvalue weighted by molar-refractivity contribution is 9.10. The van der Waals surface area contributed by atoms with Gasteiger partial charge in [0.2, 0.25) is 5.91 Å². The molecule has 3 rings (SSSR count). The minimum atomic E-state index is 0.0150. The second-order valence-corrected chi connectivity index (χ2v) is 6.75. The van der Waals surface area contributed by atoms with Crippen molar-refractivity contribution >= 4 is 21.8 Å². The van der Waals surface area contributed by atoms with Crippen molar-refractivity contribution in [2.75, 3.05) is 19.6 Å². The molecule has 0 bridgehead atoms. The number of benzene rings is 1. The van der Waals surface area contributed by atoms with Crippen LogP contribution in [-0.2, 0) is 18.3 Å². The number of hydrogen-bond donors (Lipinski definition) is 1. The van der Waals surface area contributed by atoms with Crippen LogP contribution in [0.4, 0.5) is 0 Å². The Bertz CT molecular complexity index is 667. The monoisotopic (exact) mass is 376 g/mol. The summed E-state index contributed by atoms with van der Waals surface area (Å²) in [6.07, 6.45) is 5.01. The summed E-state index contributed by atoms with van der Waals surface area (Å²) in [4.78, 5) is 19.1. The Labute approximate surface area is 144 Å². The Morgan fingerprint density at radius 1 is 1.39 bits per heavy atom. The summed E-state index contributed by atoms with van der Waals surface area (Å²) >= 11 is 3.43. The van der Waals surface area contributed by atoms with Gasteiger partial charge < -0.3 is 14.8 Å². The third-order valence-corrected chi connectivity index (χ3v) is 4.79. The molecule has 122 valence electrons. The second kappa shape index (κ2) is 7.27. The van der Waals surface area contributed by atoms with Crippen molar-refractivity contribution in [3.8, 4) is 0 Å². The van der Waals surface area contributed by atoms with Crippen molar-refractivity contribution in [2.24, 2.45) is 7.05 Å². The molecule has 0 saturated carbocycles. The molecule has 5 nitrogen and oxygen atoms in total. The fraction of sp³-hybridized carbons (Fsp3) is 0.412. The molecule has 1 saturated heterocycles. The van der Waals surface area contributed by atoms with Crippen molar-refractivity contribution < 1.29 is 4.79 Å². The molecule has 1 aliphatic rings. The van der Waals surface area contributed by atoms with E-state index >= 15 is 0 Å². The molecule has 6 heteroatoms. The van der Waals surface area contributed by atoms with E-state index in [9.17, 15) is 4.79 Å². The highest BCUT2D eigenvalue weighted by Crippen LogP contribution is 2.22. The number of imidazole rings is 1. The van der Waals surface area contributed by atoms with E-state index in [4.69, 9.17) is 0 Å². The van der Waals surface area contributed by atoms with Gasteiger partial charge >= 0.3 is 0 Å². The van der Waals surface area contributed by atoms with Crippen LogP contribution < -0.4 is 5.32 Å². The zero-order valence-corrected chi connectivity index (χ0v) is 14.8.